The van der Waals surface area contributed by atoms with Crippen LogP contribution in [0.1, 0.15) is 65.3 Å². The monoisotopic (exact) mass is 605 g/mol. The Bertz CT molecular complexity index is 1510. The molecule has 0 bridgehead atoms. The molecule has 4 rings (SSSR count). The maximum absolute atomic E-state index is 13.7. The Balaban J connectivity index is 1.67. The molecule has 0 aliphatic heterocycles. The van der Waals surface area contributed by atoms with Crippen molar-refractivity contribution < 1.29 is 24.2 Å². The van der Waals surface area contributed by atoms with Crippen molar-refractivity contribution in [2.24, 2.45) is 0 Å². The molecular formula is C33H43N5O6. The summed E-state index contributed by atoms with van der Waals surface area (Å²) >= 11 is 0. The number of carboxylic acid groups (broad SMARTS) is 1. The van der Waals surface area contributed by atoms with Crippen LogP contribution in [-0.2, 0) is 11.3 Å². The molecule has 2 aromatic heterocycles. The van der Waals surface area contributed by atoms with Crippen LogP contribution in [0.15, 0.2) is 41.3 Å². The first-order valence-corrected chi connectivity index (χ1v) is 15.1. The highest BCUT2D eigenvalue weighted by Crippen LogP contribution is 2.35. The van der Waals surface area contributed by atoms with Crippen molar-refractivity contribution in [2.45, 2.75) is 72.0 Å². The number of aryl methyl sites for hydroxylation is 2. The zero-order valence-corrected chi connectivity index (χ0v) is 26.2. The number of carbonyl (C=O) groups excluding carboxylic acids is 1. The minimum Gasteiger partial charge on any atom is -0.475 e. The molecule has 0 atom stereocenters. The first kappa shape index (κ1) is 32.5. The van der Waals surface area contributed by atoms with Gasteiger partial charge >= 0.3 is 6.09 Å². The summed E-state index contributed by atoms with van der Waals surface area (Å²) in [4.78, 5) is 47.1. The lowest BCUT2D eigenvalue weighted by Gasteiger charge is -2.39. The Labute approximate surface area is 258 Å². The van der Waals surface area contributed by atoms with Crippen LogP contribution >= 0.6 is 0 Å². The van der Waals surface area contributed by atoms with Crippen LogP contribution in [0.4, 0.5) is 10.5 Å². The van der Waals surface area contributed by atoms with E-state index in [1.54, 1.807) is 19.4 Å². The number of ether oxygens (including phenoxy) is 2. The number of amides is 2. The predicted octanol–water partition coefficient (Wildman–Crippen LogP) is 4.72. The fourth-order valence-electron chi connectivity index (χ4n) is 5.96. The Kier molecular flexibility index (Phi) is 11.0. The van der Waals surface area contributed by atoms with Crippen LogP contribution < -0.4 is 25.8 Å². The number of hydrogen-bond donors (Lipinski definition) is 4. The molecule has 236 valence electrons. The summed E-state index contributed by atoms with van der Waals surface area (Å²) in [5.41, 5.74) is 5.85. The summed E-state index contributed by atoms with van der Waals surface area (Å²) in [7, 11) is 1.61. The zero-order chi connectivity index (χ0) is 31.8. The quantitative estimate of drug-likeness (QED) is 0.217. The molecule has 3 aromatic rings. The number of H-pyrrole nitrogens is 1. The second-order valence-corrected chi connectivity index (χ2v) is 11.3. The molecule has 0 spiro atoms. The van der Waals surface area contributed by atoms with Crippen LogP contribution in [-0.4, -0.2) is 66.0 Å². The Morgan fingerprint density at radius 2 is 1.82 bits per heavy atom. The number of aromatic nitrogens is 2. The van der Waals surface area contributed by atoms with E-state index in [4.69, 9.17) is 14.6 Å². The van der Waals surface area contributed by atoms with Gasteiger partial charge in [0.1, 0.15) is 6.61 Å². The van der Waals surface area contributed by atoms with E-state index < -0.39 is 6.09 Å². The van der Waals surface area contributed by atoms with Gasteiger partial charge in [-0.05, 0) is 94.3 Å². The summed E-state index contributed by atoms with van der Waals surface area (Å²) in [5.74, 6) is 0.208. The van der Waals surface area contributed by atoms with Crippen LogP contribution in [0.25, 0.3) is 11.1 Å². The number of nitrogens with one attached hydrogen (secondary N) is 3. The number of pyridine rings is 2. The first-order valence-electron chi connectivity index (χ1n) is 15.1. The molecule has 1 saturated carbocycles. The number of anilines is 1. The largest absolute Gasteiger partial charge is 0.475 e. The average Bonchev–Trinajstić information content (AvgIpc) is 2.98. The average molecular weight is 606 g/mol. The molecule has 1 aromatic carbocycles. The number of carbonyl (C=O) groups is 2. The van der Waals surface area contributed by atoms with E-state index in [0.717, 1.165) is 65.9 Å². The third kappa shape index (κ3) is 7.96. The molecule has 1 aliphatic rings. The van der Waals surface area contributed by atoms with Gasteiger partial charge in [-0.1, -0.05) is 0 Å². The smallest absolute Gasteiger partial charge is 0.404 e. The van der Waals surface area contributed by atoms with E-state index in [1.807, 2.05) is 39.0 Å². The van der Waals surface area contributed by atoms with Crippen LogP contribution in [0, 0.1) is 20.8 Å². The fraction of sp³-hybridized carbons (Fsp3) is 0.455. The van der Waals surface area contributed by atoms with Crippen molar-refractivity contribution in [1.29, 1.82) is 0 Å². The fourth-order valence-corrected chi connectivity index (χ4v) is 5.96. The van der Waals surface area contributed by atoms with Gasteiger partial charge in [-0.15, -0.1) is 0 Å². The molecule has 4 N–H and O–H groups in total. The Morgan fingerprint density at radius 3 is 2.43 bits per heavy atom. The second-order valence-electron chi connectivity index (χ2n) is 11.3. The molecule has 1 fully saturated rings. The molecule has 11 heteroatoms. The number of methoxy groups -OCH3 is 1. The highest BCUT2D eigenvalue weighted by Gasteiger charge is 2.28. The lowest BCUT2D eigenvalue weighted by atomic mass is 9.89. The summed E-state index contributed by atoms with van der Waals surface area (Å²) in [6.45, 7) is 9.40. The van der Waals surface area contributed by atoms with E-state index in [1.165, 1.54) is 0 Å². The predicted molar refractivity (Wildman–Crippen MR) is 170 cm³/mol. The molecule has 0 unspecified atom stereocenters. The number of nitrogens with zero attached hydrogens (tertiary/aromatic N) is 2. The van der Waals surface area contributed by atoms with Gasteiger partial charge in [-0.25, -0.2) is 9.78 Å². The van der Waals surface area contributed by atoms with Gasteiger partial charge in [0.05, 0.1) is 6.61 Å². The van der Waals surface area contributed by atoms with Crippen LogP contribution in [0.3, 0.4) is 0 Å². The normalized spacial score (nSPS) is 16.3. The Morgan fingerprint density at radius 1 is 1.07 bits per heavy atom. The highest BCUT2D eigenvalue weighted by molar-refractivity contribution is 5.99. The maximum atomic E-state index is 13.7. The van der Waals surface area contributed by atoms with Gasteiger partial charge in [-0.2, -0.15) is 0 Å². The molecule has 11 nitrogen and oxygen atoms in total. The number of rotatable bonds is 12. The number of hydrogen-bond acceptors (Lipinski definition) is 7. The molecule has 0 radical (unpaired) electrons. The van der Waals surface area contributed by atoms with Crippen LogP contribution in [0.5, 0.6) is 5.88 Å². The summed E-state index contributed by atoms with van der Waals surface area (Å²) in [6.07, 6.45) is 3.89. The molecular weight excluding hydrogens is 562 g/mol. The first-order chi connectivity index (χ1) is 21.1. The van der Waals surface area contributed by atoms with Crippen molar-refractivity contribution in [3.05, 3.63) is 74.8 Å². The lowest BCUT2D eigenvalue weighted by molar-refractivity contribution is 0.0950. The molecule has 44 heavy (non-hydrogen) atoms. The van der Waals surface area contributed by atoms with Crippen molar-refractivity contribution in [3.8, 4) is 17.0 Å². The maximum Gasteiger partial charge on any atom is 0.404 e. The van der Waals surface area contributed by atoms with E-state index in [-0.39, 0.29) is 30.1 Å². The van der Waals surface area contributed by atoms with Gasteiger partial charge in [0.2, 0.25) is 5.88 Å². The SMILES string of the molecule is CCN(c1cc(-c2ccc(OCCOC)nc2)cc(C(=O)NCc2c(C)cc(C)[nH]c2=O)c1C)C1CCC(NC(=O)O)CC1. The standard InChI is InChI=1S/C33H43N5O6/c1-6-38(26-10-8-25(9-11-26)37-33(41)42)29-17-24(23-7-12-30(34-18-23)44-14-13-43-5)16-27(22(29)4)31(39)35-19-28-20(2)15-21(3)36-32(28)40/h7,12,15-18,25-26,37H,6,8-11,13-14,19H2,1-5H3,(H,35,39)(H,36,40)(H,41,42). The molecule has 0 saturated heterocycles. The third-order valence-electron chi connectivity index (χ3n) is 8.27. The van der Waals surface area contributed by atoms with Gasteiger partial charge in [0.25, 0.3) is 11.5 Å². The van der Waals surface area contributed by atoms with Crippen molar-refractivity contribution in [3.63, 3.8) is 0 Å². The van der Waals surface area contributed by atoms with Gasteiger partial charge in [0.15, 0.2) is 0 Å². The summed E-state index contributed by atoms with van der Waals surface area (Å²) in [5, 5.41) is 14.7. The van der Waals surface area contributed by atoms with E-state index in [0.29, 0.717) is 30.2 Å². The van der Waals surface area contributed by atoms with Gasteiger partial charge < -0.3 is 35.1 Å². The minimum absolute atomic E-state index is 0.0553. The zero-order valence-electron chi connectivity index (χ0n) is 26.2. The molecule has 1 aliphatic carbocycles. The Hall–Kier alpha value is -4.38. The van der Waals surface area contributed by atoms with Crippen molar-refractivity contribution in [2.75, 3.05) is 31.8 Å². The topological polar surface area (TPSA) is 146 Å². The van der Waals surface area contributed by atoms with Crippen molar-refractivity contribution in [1.82, 2.24) is 20.6 Å². The molecule has 2 amide bonds. The van der Waals surface area contributed by atoms with Gasteiger partial charge in [0, 0.05) is 72.6 Å². The molecule has 2 heterocycles. The van der Waals surface area contributed by atoms with Crippen molar-refractivity contribution >= 4 is 17.7 Å². The minimum atomic E-state index is -0.994. The van der Waals surface area contributed by atoms with Crippen LogP contribution in [0.2, 0.25) is 0 Å². The number of benzene rings is 1. The van der Waals surface area contributed by atoms with Gasteiger partial charge in [-0.3, -0.25) is 9.59 Å². The number of aromatic amines is 1. The van der Waals surface area contributed by atoms with E-state index in [2.05, 4.69) is 38.5 Å². The summed E-state index contributed by atoms with van der Waals surface area (Å²) < 4.78 is 10.7. The summed E-state index contributed by atoms with van der Waals surface area (Å²) in [6, 6.07) is 9.70. The van der Waals surface area contributed by atoms with E-state index in [9.17, 15) is 14.4 Å². The van der Waals surface area contributed by atoms with E-state index >= 15 is 0 Å². The highest BCUT2D eigenvalue weighted by atomic mass is 16.5. The third-order valence-corrected chi connectivity index (χ3v) is 8.27. The lowest BCUT2D eigenvalue weighted by Crippen LogP contribution is -2.44. The second kappa shape index (κ2) is 14.9.